The van der Waals surface area contributed by atoms with Gasteiger partial charge in [0.15, 0.2) is 0 Å². The smallest absolute Gasteiger partial charge is 0.321 e. The van der Waals surface area contributed by atoms with Crippen LogP contribution in [-0.4, -0.2) is 43.3 Å². The summed E-state index contributed by atoms with van der Waals surface area (Å²) in [6, 6.07) is 7.42. The third-order valence-corrected chi connectivity index (χ3v) is 3.68. The van der Waals surface area contributed by atoms with Crippen LogP contribution in [0.4, 0.5) is 10.5 Å². The summed E-state index contributed by atoms with van der Waals surface area (Å²) in [5, 5.41) is 2.94. The maximum atomic E-state index is 12.4. The number of benzene rings is 1. The maximum Gasteiger partial charge on any atom is 0.321 e. The summed E-state index contributed by atoms with van der Waals surface area (Å²) in [6.45, 7) is 6.84. The molecular formula is C17H26N2O3. The van der Waals surface area contributed by atoms with E-state index in [1.807, 2.05) is 31.2 Å². The first-order valence-corrected chi connectivity index (χ1v) is 8.13. The number of urea groups is 1. The maximum absolute atomic E-state index is 12.4. The molecule has 1 aromatic rings. The molecular weight excluding hydrogens is 280 g/mol. The van der Waals surface area contributed by atoms with Crippen LogP contribution in [0.1, 0.15) is 33.1 Å². The molecule has 122 valence electrons. The molecule has 0 radical (unpaired) electrons. The second-order valence-electron chi connectivity index (χ2n) is 5.48. The van der Waals surface area contributed by atoms with Gasteiger partial charge in [-0.3, -0.25) is 0 Å². The van der Waals surface area contributed by atoms with Crippen molar-refractivity contribution in [2.45, 2.75) is 39.2 Å². The summed E-state index contributed by atoms with van der Waals surface area (Å²) >= 11 is 0. The lowest BCUT2D eigenvalue weighted by Gasteiger charge is -2.24. The van der Waals surface area contributed by atoms with Gasteiger partial charge < -0.3 is 19.7 Å². The minimum atomic E-state index is -0.0920. The minimum absolute atomic E-state index is 0.0920. The van der Waals surface area contributed by atoms with E-state index in [1.165, 1.54) is 0 Å². The fraction of sp³-hybridized carbons (Fsp3) is 0.588. The zero-order chi connectivity index (χ0) is 15.8. The number of ether oxygens (including phenoxy) is 2. The van der Waals surface area contributed by atoms with E-state index in [1.54, 1.807) is 4.90 Å². The average molecular weight is 306 g/mol. The van der Waals surface area contributed by atoms with Crippen molar-refractivity contribution in [3.8, 4) is 5.75 Å². The molecule has 1 aromatic carbocycles. The zero-order valence-electron chi connectivity index (χ0n) is 13.5. The molecule has 22 heavy (non-hydrogen) atoms. The molecule has 2 amide bonds. The Morgan fingerprint density at radius 2 is 2.32 bits per heavy atom. The van der Waals surface area contributed by atoms with Crippen LogP contribution in [0.2, 0.25) is 0 Å². The summed E-state index contributed by atoms with van der Waals surface area (Å²) in [7, 11) is 0. The van der Waals surface area contributed by atoms with Crippen LogP contribution >= 0.6 is 0 Å². The highest BCUT2D eigenvalue weighted by molar-refractivity contribution is 5.89. The molecule has 0 bridgehead atoms. The monoisotopic (exact) mass is 306 g/mol. The number of likely N-dealkylation sites (N-methyl/N-ethyl adjacent to an activating group) is 1. The molecule has 1 N–H and O–H groups in total. The van der Waals surface area contributed by atoms with Crippen LogP contribution in [0.5, 0.6) is 5.75 Å². The SMILES string of the molecule is CCCOc1cccc(NC(=O)N(CC)C[C@H]2CCCO2)c1. The molecule has 1 fully saturated rings. The fourth-order valence-corrected chi connectivity index (χ4v) is 2.48. The highest BCUT2D eigenvalue weighted by atomic mass is 16.5. The largest absolute Gasteiger partial charge is 0.494 e. The third kappa shape index (κ3) is 4.91. The van der Waals surface area contributed by atoms with E-state index in [0.29, 0.717) is 19.7 Å². The molecule has 0 unspecified atom stereocenters. The zero-order valence-corrected chi connectivity index (χ0v) is 13.5. The number of carbonyl (C=O) groups is 1. The van der Waals surface area contributed by atoms with Gasteiger partial charge in [0.1, 0.15) is 5.75 Å². The Kier molecular flexibility index (Phi) is 6.52. The van der Waals surface area contributed by atoms with Crippen molar-refractivity contribution in [1.82, 2.24) is 4.90 Å². The van der Waals surface area contributed by atoms with Gasteiger partial charge in [0.25, 0.3) is 0 Å². The van der Waals surface area contributed by atoms with E-state index in [-0.39, 0.29) is 12.1 Å². The molecule has 0 aliphatic carbocycles. The number of anilines is 1. The van der Waals surface area contributed by atoms with Crippen molar-refractivity contribution in [1.29, 1.82) is 0 Å². The Labute approximate surface area is 132 Å². The van der Waals surface area contributed by atoms with Gasteiger partial charge in [-0.25, -0.2) is 4.79 Å². The quantitative estimate of drug-likeness (QED) is 0.838. The summed E-state index contributed by atoms with van der Waals surface area (Å²) in [6.07, 6.45) is 3.25. The molecule has 0 spiro atoms. The van der Waals surface area contributed by atoms with Crippen molar-refractivity contribution in [2.75, 3.05) is 31.6 Å². The standard InChI is InChI=1S/C17H26N2O3/c1-3-10-21-15-8-5-7-14(12-15)18-17(20)19(4-2)13-16-9-6-11-22-16/h5,7-8,12,16H,3-4,6,9-11,13H2,1-2H3,(H,18,20)/t16-/m1/s1. The first-order valence-electron chi connectivity index (χ1n) is 8.13. The van der Waals surface area contributed by atoms with E-state index < -0.39 is 0 Å². The molecule has 1 saturated heterocycles. The van der Waals surface area contributed by atoms with Gasteiger partial charge in [-0.15, -0.1) is 0 Å². The normalized spacial score (nSPS) is 17.3. The van der Waals surface area contributed by atoms with Crippen molar-refractivity contribution in [3.05, 3.63) is 24.3 Å². The van der Waals surface area contributed by atoms with Crippen LogP contribution in [0.15, 0.2) is 24.3 Å². The lowest BCUT2D eigenvalue weighted by Crippen LogP contribution is -2.39. The topological polar surface area (TPSA) is 50.8 Å². The van der Waals surface area contributed by atoms with Crippen molar-refractivity contribution >= 4 is 11.7 Å². The van der Waals surface area contributed by atoms with Crippen LogP contribution < -0.4 is 10.1 Å². The first kappa shape index (κ1) is 16.6. The van der Waals surface area contributed by atoms with E-state index in [4.69, 9.17) is 9.47 Å². The summed E-state index contributed by atoms with van der Waals surface area (Å²) in [5.74, 6) is 0.779. The molecule has 0 aromatic heterocycles. The molecule has 5 nitrogen and oxygen atoms in total. The van der Waals surface area contributed by atoms with Gasteiger partial charge in [0.05, 0.1) is 12.7 Å². The number of nitrogens with zero attached hydrogens (tertiary/aromatic N) is 1. The third-order valence-electron chi connectivity index (χ3n) is 3.68. The number of rotatable bonds is 7. The van der Waals surface area contributed by atoms with Crippen LogP contribution in [0.3, 0.4) is 0 Å². The first-order chi connectivity index (χ1) is 10.7. The van der Waals surface area contributed by atoms with Crippen LogP contribution in [0, 0.1) is 0 Å². The number of amides is 2. The molecule has 1 aliphatic rings. The number of carbonyl (C=O) groups excluding carboxylic acids is 1. The number of hydrogen-bond acceptors (Lipinski definition) is 3. The summed E-state index contributed by atoms with van der Waals surface area (Å²) in [5.41, 5.74) is 0.754. The van der Waals surface area contributed by atoms with Crippen molar-refractivity contribution < 1.29 is 14.3 Å². The van der Waals surface area contributed by atoms with E-state index in [2.05, 4.69) is 12.2 Å². The fourth-order valence-electron chi connectivity index (χ4n) is 2.48. The molecule has 2 rings (SSSR count). The van der Waals surface area contributed by atoms with E-state index in [9.17, 15) is 4.79 Å². The van der Waals surface area contributed by atoms with Gasteiger partial charge in [-0.05, 0) is 38.3 Å². The second kappa shape index (κ2) is 8.63. The van der Waals surface area contributed by atoms with E-state index in [0.717, 1.165) is 37.3 Å². The Morgan fingerprint density at radius 3 is 3.00 bits per heavy atom. The second-order valence-corrected chi connectivity index (χ2v) is 5.48. The van der Waals surface area contributed by atoms with Crippen LogP contribution in [0.25, 0.3) is 0 Å². The summed E-state index contributed by atoms with van der Waals surface area (Å²) < 4.78 is 11.2. The van der Waals surface area contributed by atoms with Gasteiger partial charge >= 0.3 is 6.03 Å². The van der Waals surface area contributed by atoms with Gasteiger partial charge in [0, 0.05) is 31.5 Å². The molecule has 1 atom stereocenters. The van der Waals surface area contributed by atoms with Gasteiger partial charge in [-0.1, -0.05) is 13.0 Å². The summed E-state index contributed by atoms with van der Waals surface area (Å²) in [4.78, 5) is 14.2. The van der Waals surface area contributed by atoms with Crippen molar-refractivity contribution in [2.24, 2.45) is 0 Å². The van der Waals surface area contributed by atoms with Gasteiger partial charge in [-0.2, -0.15) is 0 Å². The molecule has 1 heterocycles. The lowest BCUT2D eigenvalue weighted by molar-refractivity contribution is 0.0849. The molecule has 5 heteroatoms. The Balaban J connectivity index is 1.91. The van der Waals surface area contributed by atoms with Crippen LogP contribution in [-0.2, 0) is 4.74 Å². The Hall–Kier alpha value is -1.75. The number of nitrogens with one attached hydrogen (secondary N) is 1. The van der Waals surface area contributed by atoms with E-state index >= 15 is 0 Å². The van der Waals surface area contributed by atoms with Gasteiger partial charge in [0.2, 0.25) is 0 Å². The highest BCUT2D eigenvalue weighted by Gasteiger charge is 2.21. The predicted octanol–water partition coefficient (Wildman–Crippen LogP) is 3.51. The lowest BCUT2D eigenvalue weighted by atomic mass is 10.2. The molecule has 0 saturated carbocycles. The minimum Gasteiger partial charge on any atom is -0.494 e. The Morgan fingerprint density at radius 1 is 1.45 bits per heavy atom. The average Bonchev–Trinajstić information content (AvgIpc) is 3.04. The number of hydrogen-bond donors (Lipinski definition) is 1. The Bertz CT molecular complexity index is 473. The van der Waals surface area contributed by atoms with Crippen molar-refractivity contribution in [3.63, 3.8) is 0 Å². The highest BCUT2D eigenvalue weighted by Crippen LogP contribution is 2.19. The molecule has 1 aliphatic heterocycles. The predicted molar refractivity (Wildman–Crippen MR) is 87.5 cm³/mol.